The number of quaternary nitrogens is 1. The molecule has 2 N–H and O–H groups in total. The molecule has 0 aliphatic rings. The van der Waals surface area contributed by atoms with Crippen LogP contribution in [0.15, 0.2) is 54.6 Å². The Labute approximate surface area is 119 Å². The van der Waals surface area contributed by atoms with Crippen LogP contribution in [0.1, 0.15) is 11.1 Å². The lowest BCUT2D eigenvalue weighted by Crippen LogP contribution is -3.09. The van der Waals surface area contributed by atoms with Crippen LogP contribution in [0.25, 0.3) is 0 Å². The van der Waals surface area contributed by atoms with Crippen LogP contribution in [0.3, 0.4) is 0 Å². The van der Waals surface area contributed by atoms with Crippen molar-refractivity contribution in [1.29, 1.82) is 0 Å². The number of halogens is 1. The third-order valence-electron chi connectivity index (χ3n) is 3.13. The first kappa shape index (κ1) is 14.1. The fraction of sp³-hybridized carbons (Fsp3) is 0.250. The maximum Gasteiger partial charge on any atom is 0.103 e. The van der Waals surface area contributed by atoms with E-state index in [9.17, 15) is 5.11 Å². The van der Waals surface area contributed by atoms with Gasteiger partial charge in [-0.15, -0.1) is 0 Å². The van der Waals surface area contributed by atoms with E-state index in [0.717, 1.165) is 24.7 Å². The third-order valence-corrected chi connectivity index (χ3v) is 3.38. The Hall–Kier alpha value is -1.35. The van der Waals surface area contributed by atoms with E-state index in [4.69, 9.17) is 11.6 Å². The summed E-state index contributed by atoms with van der Waals surface area (Å²) < 4.78 is 0. The van der Waals surface area contributed by atoms with Crippen molar-refractivity contribution < 1.29 is 10.0 Å². The molecule has 0 aliphatic heterocycles. The van der Waals surface area contributed by atoms with Crippen LogP contribution >= 0.6 is 11.6 Å². The lowest BCUT2D eigenvalue weighted by atomic mass is 10.1. The average molecular weight is 277 g/mol. The fourth-order valence-electron chi connectivity index (χ4n) is 2.17. The molecule has 0 saturated carbocycles. The van der Waals surface area contributed by atoms with Gasteiger partial charge in [-0.3, -0.25) is 0 Å². The molecular formula is C16H19ClNO+. The Morgan fingerprint density at radius 2 is 1.42 bits per heavy atom. The van der Waals surface area contributed by atoms with Crippen molar-refractivity contribution in [2.45, 2.75) is 13.1 Å². The summed E-state index contributed by atoms with van der Waals surface area (Å²) in [5.74, 6) is 0. The molecule has 0 aliphatic carbocycles. The van der Waals surface area contributed by atoms with E-state index in [1.165, 1.54) is 16.0 Å². The van der Waals surface area contributed by atoms with Gasteiger partial charge in [-0.1, -0.05) is 54.1 Å². The monoisotopic (exact) mass is 276 g/mol. The molecule has 100 valence electrons. The van der Waals surface area contributed by atoms with Gasteiger partial charge in [0.05, 0.1) is 6.61 Å². The summed E-state index contributed by atoms with van der Waals surface area (Å²) in [6, 6.07) is 18.3. The number of aliphatic hydroxyl groups excluding tert-OH is 1. The van der Waals surface area contributed by atoms with Gasteiger partial charge in [0, 0.05) is 16.1 Å². The molecule has 0 amide bonds. The van der Waals surface area contributed by atoms with Crippen LogP contribution in [0.4, 0.5) is 0 Å². The van der Waals surface area contributed by atoms with E-state index in [-0.39, 0.29) is 6.61 Å². The average Bonchev–Trinajstić information content (AvgIpc) is 2.43. The van der Waals surface area contributed by atoms with E-state index < -0.39 is 0 Å². The molecule has 0 bridgehead atoms. The number of hydrogen-bond acceptors (Lipinski definition) is 1. The van der Waals surface area contributed by atoms with Gasteiger partial charge in [0.25, 0.3) is 0 Å². The van der Waals surface area contributed by atoms with Crippen molar-refractivity contribution >= 4 is 11.6 Å². The summed E-state index contributed by atoms with van der Waals surface area (Å²) in [5, 5.41) is 9.95. The summed E-state index contributed by atoms with van der Waals surface area (Å²) in [6.45, 7) is 2.77. The van der Waals surface area contributed by atoms with E-state index in [1.807, 2.05) is 42.5 Å². The Morgan fingerprint density at radius 1 is 0.842 bits per heavy atom. The highest BCUT2D eigenvalue weighted by atomic mass is 35.5. The minimum atomic E-state index is 0.204. The first-order valence-electron chi connectivity index (χ1n) is 6.51. The highest BCUT2D eigenvalue weighted by Gasteiger charge is 2.09. The molecule has 19 heavy (non-hydrogen) atoms. The van der Waals surface area contributed by atoms with Gasteiger partial charge in [-0.25, -0.2) is 0 Å². The van der Waals surface area contributed by atoms with Gasteiger partial charge < -0.3 is 10.0 Å². The van der Waals surface area contributed by atoms with Gasteiger partial charge in [0.2, 0.25) is 0 Å². The van der Waals surface area contributed by atoms with Gasteiger partial charge in [-0.05, 0) is 12.1 Å². The lowest BCUT2D eigenvalue weighted by Gasteiger charge is -2.18. The molecule has 1 atom stereocenters. The quantitative estimate of drug-likeness (QED) is 0.828. The van der Waals surface area contributed by atoms with E-state index in [2.05, 4.69) is 12.1 Å². The normalized spacial score (nSPS) is 12.3. The van der Waals surface area contributed by atoms with Crippen molar-refractivity contribution in [2.24, 2.45) is 0 Å². The molecule has 0 radical (unpaired) electrons. The SMILES string of the molecule is OCC[NH+](Cc1ccccc1)Cc1ccc(Cl)cc1. The van der Waals surface area contributed by atoms with E-state index in [1.54, 1.807) is 0 Å². The maximum atomic E-state index is 9.19. The fourth-order valence-corrected chi connectivity index (χ4v) is 2.30. The second kappa shape index (κ2) is 7.29. The van der Waals surface area contributed by atoms with Crippen LogP contribution in [-0.4, -0.2) is 18.3 Å². The van der Waals surface area contributed by atoms with Crippen LogP contribution in [0.2, 0.25) is 5.02 Å². The summed E-state index contributed by atoms with van der Waals surface area (Å²) >= 11 is 5.89. The first-order chi connectivity index (χ1) is 9.28. The second-order valence-corrected chi connectivity index (χ2v) is 5.13. The Kier molecular flexibility index (Phi) is 5.40. The largest absolute Gasteiger partial charge is 0.391 e. The summed E-state index contributed by atoms with van der Waals surface area (Å²) in [4.78, 5) is 1.34. The molecule has 0 spiro atoms. The number of aliphatic hydroxyl groups is 1. The van der Waals surface area contributed by atoms with Crippen LogP contribution in [0.5, 0.6) is 0 Å². The predicted molar refractivity (Wildman–Crippen MR) is 78.2 cm³/mol. The van der Waals surface area contributed by atoms with Gasteiger partial charge in [-0.2, -0.15) is 0 Å². The smallest absolute Gasteiger partial charge is 0.103 e. The van der Waals surface area contributed by atoms with Crippen LogP contribution in [-0.2, 0) is 13.1 Å². The van der Waals surface area contributed by atoms with Crippen LogP contribution in [0, 0.1) is 0 Å². The van der Waals surface area contributed by atoms with Gasteiger partial charge in [0.15, 0.2) is 0 Å². The molecule has 1 unspecified atom stereocenters. The molecule has 2 rings (SSSR count). The maximum absolute atomic E-state index is 9.19. The first-order valence-corrected chi connectivity index (χ1v) is 6.88. The highest BCUT2D eigenvalue weighted by Crippen LogP contribution is 2.08. The van der Waals surface area contributed by atoms with Gasteiger partial charge in [0.1, 0.15) is 19.6 Å². The summed E-state index contributed by atoms with van der Waals surface area (Å²) in [5.41, 5.74) is 2.53. The van der Waals surface area contributed by atoms with Crippen molar-refractivity contribution in [1.82, 2.24) is 0 Å². The minimum absolute atomic E-state index is 0.204. The van der Waals surface area contributed by atoms with E-state index >= 15 is 0 Å². The van der Waals surface area contributed by atoms with Crippen molar-refractivity contribution in [2.75, 3.05) is 13.2 Å². The Morgan fingerprint density at radius 3 is 2.00 bits per heavy atom. The number of benzene rings is 2. The van der Waals surface area contributed by atoms with Crippen molar-refractivity contribution in [3.8, 4) is 0 Å². The molecule has 0 fully saturated rings. The molecule has 2 aromatic rings. The highest BCUT2D eigenvalue weighted by molar-refractivity contribution is 6.30. The zero-order valence-corrected chi connectivity index (χ0v) is 11.6. The Balaban J connectivity index is 2.01. The van der Waals surface area contributed by atoms with Gasteiger partial charge >= 0.3 is 0 Å². The lowest BCUT2D eigenvalue weighted by molar-refractivity contribution is -0.927. The molecular weight excluding hydrogens is 258 g/mol. The molecule has 0 heterocycles. The summed E-state index contributed by atoms with van der Waals surface area (Å²) in [6.07, 6.45) is 0. The predicted octanol–water partition coefficient (Wildman–Crippen LogP) is 1.92. The van der Waals surface area contributed by atoms with Crippen molar-refractivity contribution in [3.63, 3.8) is 0 Å². The minimum Gasteiger partial charge on any atom is -0.391 e. The molecule has 2 aromatic carbocycles. The van der Waals surface area contributed by atoms with Crippen molar-refractivity contribution in [3.05, 3.63) is 70.7 Å². The zero-order valence-electron chi connectivity index (χ0n) is 10.8. The van der Waals surface area contributed by atoms with E-state index in [0.29, 0.717) is 0 Å². The zero-order chi connectivity index (χ0) is 13.5. The number of nitrogens with one attached hydrogen (secondary N) is 1. The number of rotatable bonds is 6. The molecule has 2 nitrogen and oxygen atoms in total. The third kappa shape index (κ3) is 4.67. The molecule has 3 heteroatoms. The second-order valence-electron chi connectivity index (χ2n) is 4.69. The Bertz CT molecular complexity index is 484. The standard InChI is InChI=1S/C16H18ClNO/c17-16-8-6-15(7-9-16)13-18(10-11-19)12-14-4-2-1-3-5-14/h1-9,19H,10-13H2/p+1. The molecule has 0 saturated heterocycles. The number of hydrogen-bond donors (Lipinski definition) is 2. The topological polar surface area (TPSA) is 24.7 Å². The molecule has 0 aromatic heterocycles. The summed E-state index contributed by atoms with van der Waals surface area (Å²) in [7, 11) is 0. The van der Waals surface area contributed by atoms with Crippen LogP contribution < -0.4 is 4.90 Å².